The van der Waals surface area contributed by atoms with Crippen LogP contribution in [0.4, 0.5) is 0 Å². The molecule has 2 saturated carbocycles. The zero-order valence-electron chi connectivity index (χ0n) is 13.0. The first-order chi connectivity index (χ1) is 10.3. The zero-order valence-corrected chi connectivity index (χ0v) is 13.8. The lowest BCUT2D eigenvalue weighted by Gasteiger charge is -2.21. The Morgan fingerprint density at radius 3 is 2.71 bits per heavy atom. The number of hydrogen-bond donors (Lipinski definition) is 1. The third-order valence-electron chi connectivity index (χ3n) is 5.08. The van der Waals surface area contributed by atoms with Crippen LogP contribution in [0.1, 0.15) is 31.2 Å². The van der Waals surface area contributed by atoms with Crippen molar-refractivity contribution in [3.8, 4) is 0 Å². The van der Waals surface area contributed by atoms with Gasteiger partial charge in [0.1, 0.15) is 0 Å². The molecule has 3 atom stereocenters. The topological polar surface area (TPSA) is 21.3 Å². The van der Waals surface area contributed by atoms with Crippen LogP contribution in [0.25, 0.3) is 0 Å². The van der Waals surface area contributed by atoms with Gasteiger partial charge >= 0.3 is 0 Å². The Morgan fingerprint density at radius 2 is 2.05 bits per heavy atom. The number of benzene rings is 1. The molecule has 0 saturated heterocycles. The van der Waals surface area contributed by atoms with Crippen molar-refractivity contribution in [1.82, 2.24) is 5.32 Å². The van der Waals surface area contributed by atoms with E-state index >= 15 is 0 Å². The first-order valence-electron chi connectivity index (χ1n) is 8.26. The van der Waals surface area contributed by atoms with Crippen molar-refractivity contribution in [2.45, 2.75) is 37.1 Å². The van der Waals surface area contributed by atoms with Gasteiger partial charge in [-0.15, -0.1) is 11.8 Å². The van der Waals surface area contributed by atoms with Crippen molar-refractivity contribution in [1.29, 1.82) is 0 Å². The van der Waals surface area contributed by atoms with Crippen molar-refractivity contribution in [2.75, 3.05) is 26.0 Å². The van der Waals surface area contributed by atoms with Crippen LogP contribution in [-0.4, -0.2) is 26.0 Å². The fourth-order valence-corrected chi connectivity index (χ4v) is 5.04. The Kier molecular flexibility index (Phi) is 5.61. The molecule has 0 aliphatic heterocycles. The molecule has 0 amide bonds. The molecule has 3 rings (SSSR count). The monoisotopic (exact) mass is 305 g/mol. The second kappa shape index (κ2) is 7.66. The molecule has 2 aliphatic rings. The molecule has 0 heterocycles. The lowest BCUT2D eigenvalue weighted by atomic mass is 9.90. The minimum Gasteiger partial charge on any atom is -0.383 e. The highest BCUT2D eigenvalue weighted by molar-refractivity contribution is 7.99. The molecule has 0 radical (unpaired) electrons. The van der Waals surface area contributed by atoms with Crippen LogP contribution in [0.5, 0.6) is 0 Å². The molecule has 116 valence electrons. The van der Waals surface area contributed by atoms with E-state index in [-0.39, 0.29) is 0 Å². The van der Waals surface area contributed by atoms with Crippen molar-refractivity contribution in [3.63, 3.8) is 0 Å². The summed E-state index contributed by atoms with van der Waals surface area (Å²) in [6.07, 6.45) is 6.04. The summed E-state index contributed by atoms with van der Waals surface area (Å²) in [6.45, 7) is 2.62. The van der Waals surface area contributed by atoms with Crippen molar-refractivity contribution in [3.05, 3.63) is 29.8 Å². The number of thioether (sulfide) groups is 1. The number of methoxy groups -OCH3 is 1. The minimum absolute atomic E-state index is 0.775. The predicted molar refractivity (Wildman–Crippen MR) is 89.7 cm³/mol. The quantitative estimate of drug-likeness (QED) is 0.580. The zero-order chi connectivity index (χ0) is 14.5. The molecule has 21 heavy (non-hydrogen) atoms. The number of hydrogen-bond acceptors (Lipinski definition) is 3. The first kappa shape index (κ1) is 15.4. The molecule has 3 unspecified atom stereocenters. The van der Waals surface area contributed by atoms with E-state index in [0.717, 1.165) is 37.5 Å². The van der Waals surface area contributed by atoms with E-state index in [1.807, 2.05) is 0 Å². The third-order valence-corrected chi connectivity index (χ3v) is 6.28. The Labute approximate surface area is 133 Å². The predicted octanol–water partition coefficient (Wildman–Crippen LogP) is 3.95. The normalized spacial score (nSPS) is 27.4. The van der Waals surface area contributed by atoms with Gasteiger partial charge in [0.2, 0.25) is 0 Å². The highest BCUT2D eigenvalue weighted by Gasteiger charge is 2.38. The fourth-order valence-electron chi connectivity index (χ4n) is 3.89. The summed E-state index contributed by atoms with van der Waals surface area (Å²) in [5.41, 5.74) is 1.36. The summed E-state index contributed by atoms with van der Waals surface area (Å²) in [4.78, 5) is 1.43. The molecule has 2 bridgehead atoms. The Morgan fingerprint density at radius 1 is 1.19 bits per heavy atom. The smallest absolute Gasteiger partial charge is 0.0587 e. The average molecular weight is 305 g/mol. The third kappa shape index (κ3) is 4.24. The molecule has 1 aromatic carbocycles. The summed E-state index contributed by atoms with van der Waals surface area (Å²) >= 11 is 2.06. The van der Waals surface area contributed by atoms with Crippen molar-refractivity contribution < 1.29 is 4.74 Å². The van der Waals surface area contributed by atoms with Crippen molar-refractivity contribution in [2.24, 2.45) is 17.8 Å². The highest BCUT2D eigenvalue weighted by Crippen LogP contribution is 2.49. The second-order valence-corrected chi connectivity index (χ2v) is 7.65. The van der Waals surface area contributed by atoms with E-state index in [1.54, 1.807) is 7.11 Å². The summed E-state index contributed by atoms with van der Waals surface area (Å²) in [7, 11) is 1.74. The number of rotatable bonds is 8. The number of nitrogens with one attached hydrogen (secondary N) is 1. The van der Waals surface area contributed by atoms with E-state index in [9.17, 15) is 0 Å². The van der Waals surface area contributed by atoms with Gasteiger partial charge in [0.25, 0.3) is 0 Å². The number of fused-ring (bicyclic) bond motifs is 2. The van der Waals surface area contributed by atoms with E-state index < -0.39 is 0 Å². The maximum Gasteiger partial charge on any atom is 0.0587 e. The van der Waals surface area contributed by atoms with Crippen LogP contribution >= 0.6 is 11.8 Å². The highest BCUT2D eigenvalue weighted by atomic mass is 32.2. The van der Waals surface area contributed by atoms with E-state index in [2.05, 4.69) is 41.3 Å². The van der Waals surface area contributed by atoms with E-state index in [0.29, 0.717) is 0 Å². The fraction of sp³-hybridized carbons (Fsp3) is 0.667. The average Bonchev–Trinajstić information content (AvgIpc) is 3.13. The maximum atomic E-state index is 5.03. The molecular weight excluding hydrogens is 278 g/mol. The van der Waals surface area contributed by atoms with Gasteiger partial charge in [-0.05, 0) is 54.7 Å². The van der Waals surface area contributed by atoms with Gasteiger partial charge in [-0.2, -0.15) is 0 Å². The molecular formula is C18H27NOS. The van der Waals surface area contributed by atoms with Gasteiger partial charge in [0, 0.05) is 30.8 Å². The Hall–Kier alpha value is -0.510. The largest absolute Gasteiger partial charge is 0.383 e. The van der Waals surface area contributed by atoms with Crippen LogP contribution in [0.15, 0.2) is 29.2 Å². The van der Waals surface area contributed by atoms with Gasteiger partial charge < -0.3 is 10.1 Å². The van der Waals surface area contributed by atoms with Gasteiger partial charge in [0.15, 0.2) is 0 Å². The summed E-state index contributed by atoms with van der Waals surface area (Å²) < 4.78 is 5.03. The van der Waals surface area contributed by atoms with E-state index in [4.69, 9.17) is 4.74 Å². The molecule has 3 heteroatoms. The SMILES string of the molecule is COCCNCc1ccc(SCC2CC3CCC2C3)cc1. The first-order valence-corrected chi connectivity index (χ1v) is 9.25. The summed E-state index contributed by atoms with van der Waals surface area (Å²) in [5, 5.41) is 3.39. The van der Waals surface area contributed by atoms with Gasteiger partial charge in [-0.3, -0.25) is 0 Å². The van der Waals surface area contributed by atoms with E-state index in [1.165, 1.54) is 41.9 Å². The second-order valence-electron chi connectivity index (χ2n) is 6.56. The standard InChI is InChI=1S/C18H27NOS/c1-20-9-8-19-12-14-3-6-18(7-4-14)21-13-17-11-15-2-5-16(17)10-15/h3-4,6-7,15-17,19H,2,5,8-13H2,1H3. The lowest BCUT2D eigenvalue weighted by Crippen LogP contribution is -2.18. The van der Waals surface area contributed by atoms with Crippen molar-refractivity contribution >= 4 is 11.8 Å². The molecule has 2 aliphatic carbocycles. The molecule has 1 aromatic rings. The molecule has 2 fully saturated rings. The maximum absolute atomic E-state index is 5.03. The Bertz CT molecular complexity index is 433. The minimum atomic E-state index is 0.775. The van der Waals surface area contributed by atoms with Crippen LogP contribution < -0.4 is 5.32 Å². The molecule has 0 aromatic heterocycles. The lowest BCUT2D eigenvalue weighted by molar-refractivity contribution is 0.199. The van der Waals surface area contributed by atoms with Gasteiger partial charge in [0.05, 0.1) is 6.61 Å². The summed E-state index contributed by atoms with van der Waals surface area (Å²) in [6, 6.07) is 9.07. The van der Waals surface area contributed by atoms with Gasteiger partial charge in [-0.25, -0.2) is 0 Å². The summed E-state index contributed by atoms with van der Waals surface area (Å²) in [5.74, 6) is 4.43. The number of ether oxygens (including phenoxy) is 1. The van der Waals surface area contributed by atoms with Crippen LogP contribution in [0, 0.1) is 17.8 Å². The molecule has 0 spiro atoms. The molecule has 2 nitrogen and oxygen atoms in total. The van der Waals surface area contributed by atoms with Crippen LogP contribution in [-0.2, 0) is 11.3 Å². The van der Waals surface area contributed by atoms with Crippen LogP contribution in [0.2, 0.25) is 0 Å². The molecule has 1 N–H and O–H groups in total. The van der Waals surface area contributed by atoms with Crippen LogP contribution in [0.3, 0.4) is 0 Å². The van der Waals surface area contributed by atoms with Gasteiger partial charge in [-0.1, -0.05) is 18.6 Å². The Balaban J connectivity index is 1.40.